The van der Waals surface area contributed by atoms with Crippen molar-refractivity contribution < 1.29 is 17.7 Å². The van der Waals surface area contributed by atoms with Crippen LogP contribution in [0.4, 0.5) is 0 Å². The number of carbonyl (C=O) groups excluding carboxylic acids is 1. The number of carbonyl (C=O) groups is 1. The van der Waals surface area contributed by atoms with Gasteiger partial charge >= 0.3 is 0 Å². The maximum atomic E-state index is 12.8. The Kier molecular flexibility index (Phi) is 6.59. The fourth-order valence-electron chi connectivity index (χ4n) is 3.57. The van der Waals surface area contributed by atoms with Crippen LogP contribution in [0.3, 0.4) is 0 Å². The Balaban J connectivity index is 1.29. The lowest BCUT2D eigenvalue weighted by Crippen LogP contribution is -2.42. The van der Waals surface area contributed by atoms with Crippen LogP contribution in [0.5, 0.6) is 0 Å². The first-order valence-electron chi connectivity index (χ1n) is 10.3. The van der Waals surface area contributed by atoms with Crippen molar-refractivity contribution in [1.29, 1.82) is 0 Å². The summed E-state index contributed by atoms with van der Waals surface area (Å²) in [6.07, 6.45) is 0.910. The van der Waals surface area contributed by atoms with Crippen LogP contribution >= 0.6 is 11.6 Å². The Morgan fingerprint density at radius 1 is 1.12 bits per heavy atom. The van der Waals surface area contributed by atoms with E-state index in [1.807, 2.05) is 6.92 Å². The molecule has 1 amide bonds. The number of aromatic nitrogens is 2. The van der Waals surface area contributed by atoms with Crippen molar-refractivity contribution in [1.82, 2.24) is 19.8 Å². The minimum Gasteiger partial charge on any atom is -0.347 e. The summed E-state index contributed by atoms with van der Waals surface area (Å²) in [5, 5.41) is 7.35. The van der Waals surface area contributed by atoms with Crippen LogP contribution < -0.4 is 5.32 Å². The molecule has 3 aromatic rings. The van der Waals surface area contributed by atoms with E-state index in [4.69, 9.17) is 16.1 Å². The maximum absolute atomic E-state index is 12.8. The van der Waals surface area contributed by atoms with Crippen molar-refractivity contribution in [2.24, 2.45) is 5.92 Å². The number of benzene rings is 2. The summed E-state index contributed by atoms with van der Waals surface area (Å²) in [5.41, 5.74) is 1.76. The number of amides is 1. The molecule has 32 heavy (non-hydrogen) atoms. The molecule has 1 aromatic heterocycles. The van der Waals surface area contributed by atoms with E-state index in [9.17, 15) is 13.2 Å². The number of piperidine rings is 1. The monoisotopic (exact) mass is 474 g/mol. The predicted molar refractivity (Wildman–Crippen MR) is 119 cm³/mol. The third-order valence-corrected chi connectivity index (χ3v) is 7.63. The minimum absolute atomic E-state index is 0.112. The van der Waals surface area contributed by atoms with Crippen LogP contribution in [0, 0.1) is 12.8 Å². The average Bonchev–Trinajstić information content (AvgIpc) is 3.27. The molecule has 1 N–H and O–H groups in total. The van der Waals surface area contributed by atoms with E-state index in [0.717, 1.165) is 11.1 Å². The molecule has 1 fully saturated rings. The van der Waals surface area contributed by atoms with Gasteiger partial charge in [-0.15, -0.1) is 0 Å². The molecule has 1 aliphatic heterocycles. The van der Waals surface area contributed by atoms with Crippen molar-refractivity contribution in [3.8, 4) is 11.4 Å². The molecule has 0 aliphatic carbocycles. The van der Waals surface area contributed by atoms with Crippen molar-refractivity contribution in [2.75, 3.05) is 13.1 Å². The average molecular weight is 475 g/mol. The second kappa shape index (κ2) is 9.40. The summed E-state index contributed by atoms with van der Waals surface area (Å²) in [4.78, 5) is 17.1. The van der Waals surface area contributed by atoms with Crippen LogP contribution in [-0.4, -0.2) is 41.9 Å². The zero-order valence-corrected chi connectivity index (χ0v) is 19.1. The van der Waals surface area contributed by atoms with E-state index in [-0.39, 0.29) is 23.3 Å². The number of halogens is 1. The molecule has 0 spiro atoms. The van der Waals surface area contributed by atoms with Crippen molar-refractivity contribution in [3.05, 3.63) is 65.0 Å². The van der Waals surface area contributed by atoms with Gasteiger partial charge in [-0.25, -0.2) is 8.42 Å². The summed E-state index contributed by atoms with van der Waals surface area (Å²) >= 11 is 5.89. The molecule has 168 valence electrons. The number of rotatable bonds is 6. The normalized spacial score (nSPS) is 15.6. The van der Waals surface area contributed by atoms with E-state index < -0.39 is 10.0 Å². The smallest absolute Gasteiger partial charge is 0.246 e. The summed E-state index contributed by atoms with van der Waals surface area (Å²) < 4.78 is 32.3. The van der Waals surface area contributed by atoms with Crippen LogP contribution in [-0.2, 0) is 21.4 Å². The van der Waals surface area contributed by atoms with Gasteiger partial charge in [-0.1, -0.05) is 34.5 Å². The van der Waals surface area contributed by atoms with E-state index in [1.54, 1.807) is 48.5 Å². The summed E-state index contributed by atoms with van der Waals surface area (Å²) in [7, 11) is -3.55. The van der Waals surface area contributed by atoms with Crippen LogP contribution in [0.1, 0.15) is 24.3 Å². The second-order valence-electron chi connectivity index (χ2n) is 7.73. The van der Waals surface area contributed by atoms with Crippen molar-refractivity contribution in [2.45, 2.75) is 31.2 Å². The molecule has 0 unspecified atom stereocenters. The molecule has 4 rings (SSSR count). The van der Waals surface area contributed by atoms with Crippen molar-refractivity contribution >= 4 is 27.5 Å². The van der Waals surface area contributed by atoms with Crippen molar-refractivity contribution in [3.63, 3.8) is 0 Å². The molecule has 0 radical (unpaired) electrons. The topological polar surface area (TPSA) is 105 Å². The summed E-state index contributed by atoms with van der Waals surface area (Å²) in [6.45, 7) is 2.62. The van der Waals surface area contributed by atoms with Gasteiger partial charge in [0.1, 0.15) is 0 Å². The van der Waals surface area contributed by atoms with Gasteiger partial charge in [-0.3, -0.25) is 4.79 Å². The first-order valence-corrected chi connectivity index (χ1v) is 12.1. The lowest BCUT2D eigenvalue weighted by atomic mass is 9.97. The summed E-state index contributed by atoms with van der Waals surface area (Å²) in [6, 6.07) is 13.8. The number of nitrogens with zero attached hydrogens (tertiary/aromatic N) is 3. The van der Waals surface area contributed by atoms with Crippen LogP contribution in [0.2, 0.25) is 5.02 Å². The highest BCUT2D eigenvalue weighted by Crippen LogP contribution is 2.24. The first-order chi connectivity index (χ1) is 15.3. The molecular weight excluding hydrogens is 452 g/mol. The predicted octanol–water partition coefficient (Wildman–Crippen LogP) is 3.42. The molecule has 1 saturated heterocycles. The molecule has 2 heterocycles. The minimum atomic E-state index is -3.55. The fourth-order valence-corrected chi connectivity index (χ4v) is 5.16. The third-order valence-electron chi connectivity index (χ3n) is 5.47. The van der Waals surface area contributed by atoms with E-state index in [2.05, 4.69) is 15.5 Å². The van der Waals surface area contributed by atoms with Gasteiger partial charge in [0.2, 0.25) is 27.6 Å². The lowest BCUT2D eigenvalue weighted by molar-refractivity contribution is -0.126. The first kappa shape index (κ1) is 22.4. The molecular formula is C22H23ClN4O4S. The second-order valence-corrected chi connectivity index (χ2v) is 10.1. The maximum Gasteiger partial charge on any atom is 0.246 e. The number of sulfonamides is 1. The van der Waals surface area contributed by atoms with Gasteiger partial charge in [0.25, 0.3) is 0 Å². The summed E-state index contributed by atoms with van der Waals surface area (Å²) in [5.74, 6) is 0.296. The van der Waals surface area contributed by atoms with E-state index in [1.165, 1.54) is 4.31 Å². The zero-order chi connectivity index (χ0) is 22.7. The molecule has 2 aromatic carbocycles. The van der Waals surface area contributed by atoms with Gasteiger partial charge < -0.3 is 9.84 Å². The zero-order valence-electron chi connectivity index (χ0n) is 17.5. The molecule has 8 nitrogen and oxygen atoms in total. The van der Waals surface area contributed by atoms with Gasteiger partial charge in [0, 0.05) is 29.6 Å². The van der Waals surface area contributed by atoms with E-state index >= 15 is 0 Å². The molecule has 0 bridgehead atoms. The highest BCUT2D eigenvalue weighted by atomic mass is 35.5. The molecule has 10 heteroatoms. The highest BCUT2D eigenvalue weighted by Gasteiger charge is 2.32. The lowest BCUT2D eigenvalue weighted by Gasteiger charge is -2.30. The number of nitrogens with one attached hydrogen (secondary N) is 1. The molecule has 0 saturated carbocycles. The van der Waals surface area contributed by atoms with E-state index in [0.29, 0.717) is 42.7 Å². The molecule has 0 atom stereocenters. The third kappa shape index (κ3) is 5.01. The largest absolute Gasteiger partial charge is 0.347 e. The molecule has 1 aliphatic rings. The number of aryl methyl sites for hydroxylation is 1. The Labute approximate surface area is 191 Å². The Morgan fingerprint density at radius 3 is 2.44 bits per heavy atom. The Hall–Kier alpha value is -2.75. The quantitative estimate of drug-likeness (QED) is 0.586. The Bertz CT molecular complexity index is 1190. The fraction of sp³-hybridized carbons (Fsp3) is 0.318. The van der Waals surface area contributed by atoms with Gasteiger partial charge in [-0.2, -0.15) is 9.29 Å². The van der Waals surface area contributed by atoms with Gasteiger partial charge in [-0.05, 0) is 56.2 Å². The van der Waals surface area contributed by atoms with Crippen LogP contribution in [0.25, 0.3) is 11.4 Å². The Morgan fingerprint density at radius 2 is 1.78 bits per heavy atom. The number of hydrogen-bond acceptors (Lipinski definition) is 6. The standard InChI is InChI=1S/C22H23ClN4O4S/c1-15-2-8-19(9-3-15)32(29,30)27-12-10-17(11-13-27)22(28)24-14-20-25-21(26-31-20)16-4-6-18(23)7-5-16/h2-9,17H,10-14H2,1H3,(H,24,28). The highest BCUT2D eigenvalue weighted by molar-refractivity contribution is 7.89. The number of hydrogen-bond donors (Lipinski definition) is 1. The van der Waals surface area contributed by atoms with Crippen LogP contribution in [0.15, 0.2) is 57.9 Å². The SMILES string of the molecule is Cc1ccc(S(=O)(=O)N2CCC(C(=O)NCc3nc(-c4ccc(Cl)cc4)no3)CC2)cc1. The van der Waals surface area contributed by atoms with Gasteiger partial charge in [0.05, 0.1) is 11.4 Å². The van der Waals surface area contributed by atoms with Gasteiger partial charge in [0.15, 0.2) is 0 Å².